The van der Waals surface area contributed by atoms with Crippen LogP contribution in [0, 0.1) is 0 Å². The molecule has 0 spiro atoms. The SMILES string of the molecule is C[C@H]1COCCN1Cc1cc(C2CN([C@@H](C)C(=O)Nc3nc4cc5c(cc4s3)OC(F)(F)O5)CCC2(F)F)c[nH]c1=O. The molecular weight excluding hydrogens is 582 g/mol. The molecule has 0 radical (unpaired) electrons. The number of halogens is 4. The van der Waals surface area contributed by atoms with Gasteiger partial charge in [0.15, 0.2) is 16.6 Å². The number of alkyl halides is 4. The zero-order valence-electron chi connectivity index (χ0n) is 22.8. The maximum atomic E-state index is 15.2. The van der Waals surface area contributed by atoms with E-state index in [4.69, 9.17) is 4.74 Å². The number of anilines is 1. The number of carbonyl (C=O) groups is 1. The number of hydrogen-bond donors (Lipinski definition) is 2. The van der Waals surface area contributed by atoms with E-state index in [9.17, 15) is 18.4 Å². The fourth-order valence-electron chi connectivity index (χ4n) is 5.51. The Hall–Kier alpha value is -3.27. The van der Waals surface area contributed by atoms with Crippen LogP contribution in [0.4, 0.5) is 22.7 Å². The molecule has 6 rings (SSSR count). The lowest BCUT2D eigenvalue weighted by molar-refractivity contribution is -0.286. The van der Waals surface area contributed by atoms with Gasteiger partial charge in [-0.05, 0) is 25.5 Å². The van der Waals surface area contributed by atoms with Crippen molar-refractivity contribution in [2.75, 3.05) is 38.2 Å². The summed E-state index contributed by atoms with van der Waals surface area (Å²) in [6.45, 7) is 5.54. The van der Waals surface area contributed by atoms with Crippen molar-refractivity contribution in [3.8, 4) is 11.5 Å². The van der Waals surface area contributed by atoms with Crippen LogP contribution in [0.5, 0.6) is 11.5 Å². The van der Waals surface area contributed by atoms with Gasteiger partial charge >= 0.3 is 6.29 Å². The van der Waals surface area contributed by atoms with Gasteiger partial charge in [-0.25, -0.2) is 13.8 Å². The number of aromatic amines is 1. The molecule has 0 aliphatic carbocycles. The molecule has 3 aliphatic heterocycles. The Bertz CT molecular complexity index is 1520. The molecule has 2 N–H and O–H groups in total. The van der Waals surface area contributed by atoms with Crippen LogP contribution in [0.2, 0.25) is 0 Å². The minimum Gasteiger partial charge on any atom is -0.395 e. The lowest BCUT2D eigenvalue weighted by atomic mass is 9.86. The van der Waals surface area contributed by atoms with E-state index in [2.05, 4.69) is 29.7 Å². The predicted octanol–water partition coefficient (Wildman–Crippen LogP) is 3.98. The Balaban J connectivity index is 1.15. The van der Waals surface area contributed by atoms with Gasteiger partial charge < -0.3 is 24.5 Å². The number of thiazole rings is 1. The number of pyridine rings is 1. The molecule has 3 atom stereocenters. The number of hydrogen-bond acceptors (Lipinski definition) is 9. The van der Waals surface area contributed by atoms with Crippen LogP contribution in [-0.2, 0) is 16.1 Å². The van der Waals surface area contributed by atoms with E-state index in [-0.39, 0.29) is 41.3 Å². The normalized spacial score (nSPS) is 24.5. The lowest BCUT2D eigenvalue weighted by Crippen LogP contribution is -2.52. The Morgan fingerprint density at radius 2 is 1.98 bits per heavy atom. The van der Waals surface area contributed by atoms with Gasteiger partial charge in [-0.3, -0.25) is 19.4 Å². The third-order valence-corrected chi connectivity index (χ3v) is 8.95. The molecule has 5 heterocycles. The molecule has 42 heavy (non-hydrogen) atoms. The van der Waals surface area contributed by atoms with E-state index >= 15 is 8.78 Å². The number of likely N-dealkylation sites (tertiary alicyclic amines) is 1. The molecule has 1 amide bonds. The van der Waals surface area contributed by atoms with E-state index in [1.807, 2.05) is 6.92 Å². The number of amides is 1. The monoisotopic (exact) mass is 611 g/mol. The minimum atomic E-state index is -3.75. The van der Waals surface area contributed by atoms with E-state index in [1.165, 1.54) is 18.3 Å². The molecule has 1 unspecified atom stereocenters. The van der Waals surface area contributed by atoms with Crippen LogP contribution < -0.4 is 20.3 Å². The maximum absolute atomic E-state index is 15.2. The molecule has 15 heteroatoms. The number of nitrogens with one attached hydrogen (secondary N) is 2. The molecular formula is C27H29F4N5O5S. The number of piperidine rings is 1. The highest BCUT2D eigenvalue weighted by atomic mass is 32.1. The maximum Gasteiger partial charge on any atom is 0.586 e. The Morgan fingerprint density at radius 1 is 1.21 bits per heavy atom. The summed E-state index contributed by atoms with van der Waals surface area (Å²) >= 11 is 1.06. The van der Waals surface area contributed by atoms with Crippen molar-refractivity contribution in [1.82, 2.24) is 19.8 Å². The van der Waals surface area contributed by atoms with Crippen molar-refractivity contribution in [1.29, 1.82) is 0 Å². The minimum absolute atomic E-state index is 0.00492. The first-order valence-corrected chi connectivity index (χ1v) is 14.4. The Kier molecular flexibility index (Phi) is 7.40. The number of fused-ring (bicyclic) bond motifs is 2. The number of carbonyl (C=O) groups excluding carboxylic acids is 1. The topological polar surface area (TPSA) is 109 Å². The molecule has 226 valence electrons. The van der Waals surface area contributed by atoms with Gasteiger partial charge in [-0.1, -0.05) is 11.3 Å². The van der Waals surface area contributed by atoms with Gasteiger partial charge in [-0.15, -0.1) is 8.78 Å². The summed E-state index contributed by atoms with van der Waals surface area (Å²) in [7, 11) is 0. The van der Waals surface area contributed by atoms with E-state index < -0.39 is 36.5 Å². The van der Waals surface area contributed by atoms with E-state index in [0.29, 0.717) is 47.6 Å². The molecule has 1 aromatic carbocycles. The second-order valence-electron chi connectivity index (χ2n) is 10.9. The molecule has 0 bridgehead atoms. The van der Waals surface area contributed by atoms with Crippen molar-refractivity contribution in [2.45, 2.75) is 57.0 Å². The van der Waals surface area contributed by atoms with Gasteiger partial charge in [0.25, 0.3) is 11.5 Å². The van der Waals surface area contributed by atoms with Crippen LogP contribution in [0.15, 0.2) is 29.2 Å². The summed E-state index contributed by atoms with van der Waals surface area (Å²) in [6, 6.07) is 3.53. The fraction of sp³-hybridized carbons (Fsp3) is 0.519. The van der Waals surface area contributed by atoms with Crippen molar-refractivity contribution in [3.05, 3.63) is 45.9 Å². The van der Waals surface area contributed by atoms with Crippen molar-refractivity contribution in [2.24, 2.45) is 0 Å². The smallest absolute Gasteiger partial charge is 0.395 e. The Morgan fingerprint density at radius 3 is 2.74 bits per heavy atom. The fourth-order valence-corrected chi connectivity index (χ4v) is 6.39. The number of rotatable bonds is 6. The molecule has 2 fully saturated rings. The quantitative estimate of drug-likeness (QED) is 0.403. The highest BCUT2D eigenvalue weighted by Crippen LogP contribution is 2.45. The van der Waals surface area contributed by atoms with Crippen LogP contribution in [0.25, 0.3) is 10.2 Å². The average molecular weight is 612 g/mol. The predicted molar refractivity (Wildman–Crippen MR) is 146 cm³/mol. The van der Waals surface area contributed by atoms with Crippen molar-refractivity contribution < 1.29 is 36.6 Å². The number of morpholine rings is 1. The summed E-state index contributed by atoms with van der Waals surface area (Å²) in [5.41, 5.74) is 0.721. The summed E-state index contributed by atoms with van der Waals surface area (Å²) in [5, 5.41) is 2.93. The first kappa shape index (κ1) is 28.8. The lowest BCUT2D eigenvalue weighted by Gasteiger charge is -2.40. The van der Waals surface area contributed by atoms with Crippen molar-refractivity contribution >= 4 is 32.6 Å². The molecule has 2 aromatic heterocycles. The van der Waals surface area contributed by atoms with Gasteiger partial charge in [0.1, 0.15) is 0 Å². The zero-order valence-corrected chi connectivity index (χ0v) is 23.6. The second kappa shape index (κ2) is 10.8. The van der Waals surface area contributed by atoms with Gasteiger partial charge in [0, 0.05) is 62.5 Å². The number of aromatic nitrogens is 2. The molecule has 3 aliphatic rings. The molecule has 2 saturated heterocycles. The van der Waals surface area contributed by atoms with Gasteiger partial charge in [-0.2, -0.15) is 0 Å². The first-order valence-electron chi connectivity index (χ1n) is 13.5. The highest BCUT2D eigenvalue weighted by molar-refractivity contribution is 7.22. The van der Waals surface area contributed by atoms with Gasteiger partial charge in [0.2, 0.25) is 5.91 Å². The summed E-state index contributed by atoms with van der Waals surface area (Å²) in [4.78, 5) is 36.4. The molecule has 10 nitrogen and oxygen atoms in total. The number of nitrogens with zero attached hydrogens (tertiary/aromatic N) is 3. The second-order valence-corrected chi connectivity index (χ2v) is 11.9. The highest BCUT2D eigenvalue weighted by Gasteiger charge is 2.47. The third kappa shape index (κ3) is 5.70. The third-order valence-electron chi connectivity index (χ3n) is 8.01. The Labute approximate surface area is 241 Å². The number of ether oxygens (including phenoxy) is 3. The summed E-state index contributed by atoms with van der Waals surface area (Å²) in [5.74, 6) is -5.01. The molecule has 0 saturated carbocycles. The van der Waals surface area contributed by atoms with E-state index in [0.717, 1.165) is 11.3 Å². The van der Waals surface area contributed by atoms with E-state index in [1.54, 1.807) is 17.9 Å². The van der Waals surface area contributed by atoms with Gasteiger partial charge in [0.05, 0.1) is 35.4 Å². The molecule has 3 aromatic rings. The number of benzene rings is 1. The average Bonchev–Trinajstić information content (AvgIpc) is 3.45. The first-order chi connectivity index (χ1) is 19.9. The number of H-pyrrole nitrogens is 1. The van der Waals surface area contributed by atoms with Crippen LogP contribution >= 0.6 is 11.3 Å². The van der Waals surface area contributed by atoms with Crippen LogP contribution in [0.3, 0.4) is 0 Å². The zero-order chi connectivity index (χ0) is 29.8. The summed E-state index contributed by atoms with van der Waals surface area (Å²) in [6.07, 6.45) is -2.87. The van der Waals surface area contributed by atoms with Crippen molar-refractivity contribution in [3.63, 3.8) is 0 Å². The summed E-state index contributed by atoms with van der Waals surface area (Å²) < 4.78 is 72.0. The standard InChI is InChI=1S/C27H29F4N5O5S/c1-14-13-39-6-5-35(14)11-17-7-16(10-32-24(17)38)18-12-36(4-3-26(18,28)29)15(2)23(37)34-25-33-19-8-20-21(9-22(19)42-25)41-27(30,31)40-20/h7-10,14-15,18H,3-6,11-13H2,1-2H3,(H,32,38)(H,33,34,37)/t14-,15-,18?/m0/s1. The van der Waals surface area contributed by atoms with Crippen LogP contribution in [-0.4, -0.2) is 82.8 Å². The largest absolute Gasteiger partial charge is 0.586 e. The van der Waals surface area contributed by atoms with Crippen LogP contribution in [0.1, 0.15) is 37.3 Å².